The summed E-state index contributed by atoms with van der Waals surface area (Å²) < 4.78 is 0. The van der Waals surface area contributed by atoms with Crippen LogP contribution in [0.2, 0.25) is 0 Å². The smallest absolute Gasteiger partial charge is 0.236 e. The number of hydrogen-bond donors (Lipinski definition) is 4. The fourth-order valence-corrected chi connectivity index (χ4v) is 5.58. The van der Waals surface area contributed by atoms with Crippen molar-refractivity contribution in [2.75, 3.05) is 44.3 Å². The van der Waals surface area contributed by atoms with Crippen LogP contribution in [-0.4, -0.2) is 56.6 Å². The maximum atomic E-state index is 12.1. The van der Waals surface area contributed by atoms with Gasteiger partial charge >= 0.3 is 0 Å². The normalized spacial score (nSPS) is 17.0. The Kier molecular flexibility index (Phi) is 9.52. The lowest BCUT2D eigenvalue weighted by molar-refractivity contribution is -0.114. The van der Waals surface area contributed by atoms with E-state index in [-0.39, 0.29) is 46.6 Å². The molecule has 0 spiro atoms. The Morgan fingerprint density at radius 2 is 0.750 bits per heavy atom. The third-order valence-electron chi connectivity index (χ3n) is 3.49. The number of hydrogen-bond acceptors (Lipinski definition) is 10. The SMILES string of the molecule is O=C1CSSCC(=O)Nc2cccc(n2)NC(=O)CSSCC(=O)Nc2cccc(n2)N1. The lowest BCUT2D eigenvalue weighted by Gasteiger charge is -2.09. The molecule has 0 radical (unpaired) electrons. The molecule has 0 fully saturated rings. The van der Waals surface area contributed by atoms with Crippen LogP contribution in [0.15, 0.2) is 36.4 Å². The molecule has 0 atom stereocenters. The molecule has 0 aliphatic carbocycles. The van der Waals surface area contributed by atoms with Crippen LogP contribution in [0.5, 0.6) is 0 Å². The Bertz CT molecular complexity index is 859. The zero-order valence-electron chi connectivity index (χ0n) is 16.5. The Hall–Kier alpha value is -2.42. The van der Waals surface area contributed by atoms with Gasteiger partial charge in [-0.2, -0.15) is 0 Å². The van der Waals surface area contributed by atoms with Crippen molar-refractivity contribution in [3.63, 3.8) is 0 Å². The van der Waals surface area contributed by atoms with Gasteiger partial charge in [-0.25, -0.2) is 9.97 Å². The molecule has 32 heavy (non-hydrogen) atoms. The van der Waals surface area contributed by atoms with Gasteiger partial charge in [-0.15, -0.1) is 0 Å². The molecule has 168 valence electrons. The molecule has 0 unspecified atom stereocenters. The van der Waals surface area contributed by atoms with E-state index in [1.165, 1.54) is 43.2 Å². The Morgan fingerprint density at radius 3 is 1.00 bits per heavy atom. The molecule has 4 bridgehead atoms. The third kappa shape index (κ3) is 8.61. The van der Waals surface area contributed by atoms with Crippen molar-refractivity contribution in [1.29, 1.82) is 0 Å². The van der Waals surface area contributed by atoms with Crippen LogP contribution in [0.1, 0.15) is 0 Å². The first-order valence-corrected chi connectivity index (χ1v) is 14.1. The van der Waals surface area contributed by atoms with Crippen molar-refractivity contribution in [2.45, 2.75) is 0 Å². The average molecular weight is 511 g/mol. The lowest BCUT2D eigenvalue weighted by Crippen LogP contribution is -2.19. The number of nitrogens with one attached hydrogen (secondary N) is 4. The van der Waals surface area contributed by atoms with Crippen molar-refractivity contribution in [3.05, 3.63) is 36.4 Å². The van der Waals surface area contributed by atoms with E-state index in [0.717, 1.165) is 0 Å². The van der Waals surface area contributed by atoms with Crippen molar-refractivity contribution in [3.8, 4) is 0 Å². The first-order chi connectivity index (χ1) is 15.5. The average Bonchev–Trinajstić information content (AvgIpc) is 2.74. The van der Waals surface area contributed by atoms with E-state index in [9.17, 15) is 19.2 Å². The van der Waals surface area contributed by atoms with Gasteiger partial charge in [0.15, 0.2) is 0 Å². The van der Waals surface area contributed by atoms with Crippen LogP contribution < -0.4 is 21.3 Å². The summed E-state index contributed by atoms with van der Waals surface area (Å²) in [5.74, 6) is 0.575. The molecule has 1 aliphatic rings. The quantitative estimate of drug-likeness (QED) is 0.391. The second-order valence-corrected chi connectivity index (χ2v) is 11.0. The predicted molar refractivity (Wildman–Crippen MR) is 133 cm³/mol. The monoisotopic (exact) mass is 510 g/mol. The molecule has 10 nitrogen and oxygen atoms in total. The summed E-state index contributed by atoms with van der Waals surface area (Å²) in [7, 11) is 4.90. The highest BCUT2D eigenvalue weighted by atomic mass is 33.1. The van der Waals surface area contributed by atoms with Gasteiger partial charge < -0.3 is 21.3 Å². The van der Waals surface area contributed by atoms with E-state index < -0.39 is 0 Å². The zero-order valence-corrected chi connectivity index (χ0v) is 19.7. The Labute approximate surface area is 199 Å². The minimum atomic E-state index is -0.280. The number of aromatic nitrogens is 2. The molecule has 4 amide bonds. The molecular weight excluding hydrogens is 493 g/mol. The molecule has 1 aliphatic heterocycles. The number of nitrogens with zero attached hydrogens (tertiary/aromatic N) is 2. The lowest BCUT2D eigenvalue weighted by atomic mass is 10.4. The standard InChI is InChI=1S/C18H18N6O4S4/c25-15-7-29-31-9-17(27)23-13-5-2-6-14(20-13)24-18(28)10-32-30-8-16(26)22-12-4-1-3-11(19-12)21-15/h1-6H,7-10H2,(H2,19,21,22,25,26)(H2,20,23,24,27,28). The van der Waals surface area contributed by atoms with Gasteiger partial charge in [0.2, 0.25) is 23.6 Å². The van der Waals surface area contributed by atoms with Crippen molar-refractivity contribution >= 4 is 90.1 Å². The molecule has 2 aromatic heterocycles. The molecule has 3 heterocycles. The largest absolute Gasteiger partial charge is 0.310 e. The van der Waals surface area contributed by atoms with Gasteiger partial charge in [-0.1, -0.05) is 55.3 Å². The first kappa shape index (κ1) is 24.2. The number of pyridine rings is 2. The number of anilines is 4. The minimum absolute atomic E-state index is 0.115. The van der Waals surface area contributed by atoms with Gasteiger partial charge in [0.1, 0.15) is 23.3 Å². The van der Waals surface area contributed by atoms with Crippen LogP contribution in [-0.2, 0) is 19.2 Å². The molecular formula is C18H18N6O4S4. The third-order valence-corrected chi connectivity index (χ3v) is 7.76. The summed E-state index contributed by atoms with van der Waals surface area (Å²) in [6, 6.07) is 9.78. The van der Waals surface area contributed by atoms with Crippen LogP contribution in [0.4, 0.5) is 23.3 Å². The molecule has 0 saturated heterocycles. The van der Waals surface area contributed by atoms with Gasteiger partial charge in [-0.3, -0.25) is 19.2 Å². The highest BCUT2D eigenvalue weighted by Crippen LogP contribution is 2.23. The molecule has 0 aromatic carbocycles. The number of carbonyl (C=O) groups excluding carboxylic acids is 4. The van der Waals surface area contributed by atoms with Crippen LogP contribution >= 0.6 is 43.2 Å². The number of rotatable bonds is 0. The van der Waals surface area contributed by atoms with E-state index in [4.69, 9.17) is 0 Å². The highest BCUT2D eigenvalue weighted by Gasteiger charge is 2.11. The highest BCUT2D eigenvalue weighted by molar-refractivity contribution is 8.77. The molecule has 2 aromatic rings. The number of amides is 4. The molecule has 4 N–H and O–H groups in total. The zero-order chi connectivity index (χ0) is 22.8. The molecule has 3 rings (SSSR count). The van der Waals surface area contributed by atoms with Gasteiger partial charge in [0.25, 0.3) is 0 Å². The summed E-state index contributed by atoms with van der Waals surface area (Å²) in [5.41, 5.74) is 0. The van der Waals surface area contributed by atoms with E-state index in [2.05, 4.69) is 31.2 Å². The van der Waals surface area contributed by atoms with Crippen LogP contribution in [0, 0.1) is 0 Å². The summed E-state index contributed by atoms with van der Waals surface area (Å²) >= 11 is 0. The van der Waals surface area contributed by atoms with Gasteiger partial charge in [0.05, 0.1) is 23.0 Å². The fourth-order valence-electron chi connectivity index (χ4n) is 2.24. The maximum Gasteiger partial charge on any atom is 0.236 e. The maximum absolute atomic E-state index is 12.1. The van der Waals surface area contributed by atoms with Crippen molar-refractivity contribution in [2.24, 2.45) is 0 Å². The van der Waals surface area contributed by atoms with Crippen LogP contribution in [0.3, 0.4) is 0 Å². The van der Waals surface area contributed by atoms with Crippen LogP contribution in [0.25, 0.3) is 0 Å². The Morgan fingerprint density at radius 1 is 0.500 bits per heavy atom. The summed E-state index contributed by atoms with van der Waals surface area (Å²) in [4.78, 5) is 56.8. The number of carbonyl (C=O) groups is 4. The van der Waals surface area contributed by atoms with Gasteiger partial charge in [0, 0.05) is 0 Å². The Balaban J connectivity index is 1.65. The predicted octanol–water partition coefficient (Wildman–Crippen LogP) is 2.71. The van der Waals surface area contributed by atoms with Crippen molar-refractivity contribution in [1.82, 2.24) is 9.97 Å². The van der Waals surface area contributed by atoms with E-state index >= 15 is 0 Å². The fraction of sp³-hybridized carbons (Fsp3) is 0.222. The summed E-state index contributed by atoms with van der Waals surface area (Å²) in [6.07, 6.45) is 0. The molecule has 14 heteroatoms. The topological polar surface area (TPSA) is 142 Å². The summed E-state index contributed by atoms with van der Waals surface area (Å²) in [5, 5.41) is 10.6. The minimum Gasteiger partial charge on any atom is -0.310 e. The first-order valence-electron chi connectivity index (χ1n) is 9.10. The van der Waals surface area contributed by atoms with E-state index in [0.29, 0.717) is 23.3 Å². The second kappa shape index (κ2) is 12.6. The molecule has 0 saturated carbocycles. The number of fused-ring (bicyclic) bond motifs is 4. The van der Waals surface area contributed by atoms with E-state index in [1.54, 1.807) is 36.4 Å². The van der Waals surface area contributed by atoms with Gasteiger partial charge in [-0.05, 0) is 24.3 Å². The second-order valence-electron chi connectivity index (χ2n) is 6.06. The van der Waals surface area contributed by atoms with Crippen molar-refractivity contribution < 1.29 is 19.2 Å². The van der Waals surface area contributed by atoms with E-state index in [1.807, 2.05) is 0 Å². The summed E-state index contributed by atoms with van der Waals surface area (Å²) in [6.45, 7) is 0.